The van der Waals surface area contributed by atoms with Crippen molar-refractivity contribution < 1.29 is 8.42 Å². The van der Waals surface area contributed by atoms with E-state index in [9.17, 15) is 8.42 Å². The normalized spacial score (nSPS) is 11.8. The predicted octanol–water partition coefficient (Wildman–Crippen LogP) is 4.01. The predicted molar refractivity (Wildman–Crippen MR) is 88.8 cm³/mol. The number of hydrogen-bond acceptors (Lipinski definition) is 2. The summed E-state index contributed by atoms with van der Waals surface area (Å²) < 4.78 is 27.3. The third kappa shape index (κ3) is 3.86. The first-order valence-electron chi connectivity index (χ1n) is 6.30. The van der Waals surface area contributed by atoms with Crippen molar-refractivity contribution in [2.75, 3.05) is 7.05 Å². The molecule has 0 radical (unpaired) electrons. The molecular weight excluding hydrogens is 374 g/mol. The van der Waals surface area contributed by atoms with Crippen LogP contribution >= 0.6 is 27.5 Å². The molecule has 0 bridgehead atoms. The lowest BCUT2D eigenvalue weighted by Gasteiger charge is -2.18. The van der Waals surface area contributed by atoms with Crippen molar-refractivity contribution in [3.63, 3.8) is 0 Å². The summed E-state index contributed by atoms with van der Waals surface area (Å²) in [6.07, 6.45) is 0. The molecular formula is C15H15BrClNO2S. The quantitative estimate of drug-likeness (QED) is 0.726. The van der Waals surface area contributed by atoms with Gasteiger partial charge in [-0.05, 0) is 29.3 Å². The molecule has 0 heterocycles. The first-order chi connectivity index (χ1) is 9.95. The van der Waals surface area contributed by atoms with Crippen LogP contribution in [0.25, 0.3) is 0 Å². The molecule has 0 N–H and O–H groups in total. The van der Waals surface area contributed by atoms with Crippen LogP contribution in [-0.4, -0.2) is 19.8 Å². The fourth-order valence-electron chi connectivity index (χ4n) is 1.88. The van der Waals surface area contributed by atoms with Gasteiger partial charge in [0.15, 0.2) is 0 Å². The molecule has 0 saturated heterocycles. The summed E-state index contributed by atoms with van der Waals surface area (Å²) in [6.45, 7) is 0.307. The fourth-order valence-corrected chi connectivity index (χ4v) is 3.62. The highest BCUT2D eigenvalue weighted by Gasteiger charge is 2.21. The summed E-state index contributed by atoms with van der Waals surface area (Å²) in [6, 6.07) is 14.2. The smallest absolute Gasteiger partial charge is 0.207 e. The minimum absolute atomic E-state index is 0.269. The van der Waals surface area contributed by atoms with Crippen molar-refractivity contribution in [2.24, 2.45) is 0 Å². The van der Waals surface area contributed by atoms with Crippen LogP contribution in [0.15, 0.2) is 57.9 Å². The fraction of sp³-hybridized carbons (Fsp3) is 0.200. The maximum Gasteiger partial charge on any atom is 0.243 e. The average Bonchev–Trinajstić information content (AvgIpc) is 2.49. The first-order valence-corrected chi connectivity index (χ1v) is 9.06. The Balaban J connectivity index is 2.24. The number of halogens is 2. The Kier molecular flexibility index (Phi) is 5.43. The van der Waals surface area contributed by atoms with Gasteiger partial charge in [0.25, 0.3) is 0 Å². The van der Waals surface area contributed by atoms with Gasteiger partial charge >= 0.3 is 0 Å². The van der Waals surface area contributed by atoms with Crippen molar-refractivity contribution in [1.82, 2.24) is 4.31 Å². The van der Waals surface area contributed by atoms with Gasteiger partial charge in [0.2, 0.25) is 10.0 Å². The van der Waals surface area contributed by atoms with Crippen LogP contribution in [0.5, 0.6) is 0 Å². The number of alkyl halides is 1. The van der Waals surface area contributed by atoms with Gasteiger partial charge in [0.1, 0.15) is 0 Å². The standard InChI is InChI=1S/C15H15BrClNO2S/c1-18(11-13-4-2-3-5-15(13)16)21(19,20)14-8-6-12(10-17)7-9-14/h2-9H,10-11H2,1H3. The zero-order valence-electron chi connectivity index (χ0n) is 11.5. The van der Waals surface area contributed by atoms with E-state index >= 15 is 0 Å². The molecule has 112 valence electrons. The van der Waals surface area contributed by atoms with Gasteiger partial charge < -0.3 is 0 Å². The monoisotopic (exact) mass is 387 g/mol. The van der Waals surface area contributed by atoms with Crippen molar-refractivity contribution in [2.45, 2.75) is 17.3 Å². The van der Waals surface area contributed by atoms with Gasteiger partial charge in [-0.2, -0.15) is 4.31 Å². The minimum Gasteiger partial charge on any atom is -0.207 e. The molecule has 2 aromatic carbocycles. The van der Waals surface area contributed by atoms with Crippen molar-refractivity contribution in [3.8, 4) is 0 Å². The number of nitrogens with zero attached hydrogens (tertiary/aromatic N) is 1. The Morgan fingerprint density at radius 3 is 2.29 bits per heavy atom. The summed E-state index contributed by atoms with van der Waals surface area (Å²) in [7, 11) is -1.94. The molecule has 0 saturated carbocycles. The highest BCUT2D eigenvalue weighted by Crippen LogP contribution is 2.22. The molecule has 0 aliphatic rings. The van der Waals surface area contributed by atoms with E-state index in [1.165, 1.54) is 4.31 Å². The van der Waals surface area contributed by atoms with Crippen molar-refractivity contribution in [1.29, 1.82) is 0 Å². The Morgan fingerprint density at radius 1 is 1.10 bits per heavy atom. The number of benzene rings is 2. The molecule has 0 atom stereocenters. The molecule has 6 heteroatoms. The van der Waals surface area contributed by atoms with Crippen LogP contribution in [0, 0.1) is 0 Å². The van der Waals surface area contributed by atoms with E-state index in [0.717, 1.165) is 15.6 Å². The summed E-state index contributed by atoms with van der Waals surface area (Å²) in [5, 5.41) is 0. The van der Waals surface area contributed by atoms with Gasteiger partial charge in [-0.1, -0.05) is 46.3 Å². The lowest BCUT2D eigenvalue weighted by molar-refractivity contribution is 0.466. The van der Waals surface area contributed by atoms with Gasteiger partial charge in [0.05, 0.1) is 4.90 Å². The largest absolute Gasteiger partial charge is 0.243 e. The number of hydrogen-bond donors (Lipinski definition) is 0. The Labute approximate surface area is 138 Å². The topological polar surface area (TPSA) is 37.4 Å². The second-order valence-electron chi connectivity index (χ2n) is 4.63. The third-order valence-electron chi connectivity index (χ3n) is 3.14. The lowest BCUT2D eigenvalue weighted by atomic mass is 10.2. The molecule has 0 aliphatic heterocycles. The first kappa shape index (κ1) is 16.5. The number of rotatable bonds is 5. The summed E-state index contributed by atoms with van der Waals surface area (Å²) in [5.41, 5.74) is 1.81. The molecule has 21 heavy (non-hydrogen) atoms. The van der Waals surface area contributed by atoms with Crippen LogP contribution in [0.4, 0.5) is 0 Å². The summed E-state index contributed by atoms with van der Waals surface area (Å²) in [5.74, 6) is 0.368. The second-order valence-corrected chi connectivity index (χ2v) is 7.80. The third-order valence-corrected chi connectivity index (χ3v) is 6.04. The molecule has 0 fully saturated rings. The average molecular weight is 389 g/mol. The van der Waals surface area contributed by atoms with Crippen LogP contribution in [0.3, 0.4) is 0 Å². The van der Waals surface area contributed by atoms with E-state index in [1.54, 1.807) is 31.3 Å². The highest BCUT2D eigenvalue weighted by molar-refractivity contribution is 9.10. The van der Waals surface area contributed by atoms with Crippen LogP contribution in [-0.2, 0) is 22.4 Å². The second kappa shape index (κ2) is 6.92. The Bertz CT molecular complexity index is 717. The van der Waals surface area contributed by atoms with Crippen molar-refractivity contribution in [3.05, 3.63) is 64.1 Å². The summed E-state index contributed by atoms with van der Waals surface area (Å²) in [4.78, 5) is 0.269. The SMILES string of the molecule is CN(Cc1ccccc1Br)S(=O)(=O)c1ccc(CCl)cc1. The Morgan fingerprint density at radius 2 is 1.71 bits per heavy atom. The van der Waals surface area contributed by atoms with E-state index in [-0.39, 0.29) is 4.90 Å². The molecule has 0 amide bonds. The Hall–Kier alpha value is -0.880. The highest BCUT2D eigenvalue weighted by atomic mass is 79.9. The molecule has 0 spiro atoms. The van der Waals surface area contributed by atoms with E-state index in [0.29, 0.717) is 12.4 Å². The zero-order valence-corrected chi connectivity index (χ0v) is 14.6. The van der Waals surface area contributed by atoms with Crippen LogP contribution in [0.1, 0.15) is 11.1 Å². The van der Waals surface area contributed by atoms with Gasteiger partial charge in [-0.3, -0.25) is 0 Å². The van der Waals surface area contributed by atoms with Gasteiger partial charge in [-0.25, -0.2) is 8.42 Å². The van der Waals surface area contributed by atoms with E-state index in [1.807, 2.05) is 24.3 Å². The summed E-state index contributed by atoms with van der Waals surface area (Å²) >= 11 is 9.15. The molecule has 3 nitrogen and oxygen atoms in total. The zero-order chi connectivity index (χ0) is 15.5. The van der Waals surface area contributed by atoms with E-state index in [4.69, 9.17) is 11.6 Å². The molecule has 0 aliphatic carbocycles. The molecule has 0 unspecified atom stereocenters. The lowest BCUT2D eigenvalue weighted by Crippen LogP contribution is -2.26. The van der Waals surface area contributed by atoms with Crippen LogP contribution < -0.4 is 0 Å². The molecule has 2 aromatic rings. The van der Waals surface area contributed by atoms with Crippen molar-refractivity contribution >= 4 is 37.6 Å². The number of sulfonamides is 1. The van der Waals surface area contributed by atoms with Gasteiger partial charge in [0, 0.05) is 23.9 Å². The maximum absolute atomic E-state index is 12.5. The minimum atomic E-state index is -3.51. The molecule has 2 rings (SSSR count). The maximum atomic E-state index is 12.5. The van der Waals surface area contributed by atoms with Gasteiger partial charge in [-0.15, -0.1) is 11.6 Å². The van der Waals surface area contributed by atoms with Crippen LogP contribution in [0.2, 0.25) is 0 Å². The molecule has 0 aromatic heterocycles. The van der Waals surface area contributed by atoms with E-state index in [2.05, 4.69) is 15.9 Å². The van der Waals surface area contributed by atoms with E-state index < -0.39 is 10.0 Å².